The number of carbonyl (C=O) groups excluding carboxylic acids is 1. The van der Waals surface area contributed by atoms with Gasteiger partial charge >= 0.3 is 0 Å². The van der Waals surface area contributed by atoms with E-state index < -0.39 is 0 Å². The van der Waals surface area contributed by atoms with Gasteiger partial charge in [-0.15, -0.1) is 6.58 Å². The molecule has 2 nitrogen and oxygen atoms in total. The molecule has 0 aromatic heterocycles. The molecule has 0 spiro atoms. The van der Waals surface area contributed by atoms with Gasteiger partial charge in [0.1, 0.15) is 0 Å². The van der Waals surface area contributed by atoms with Gasteiger partial charge in [0.25, 0.3) is 0 Å². The maximum absolute atomic E-state index is 10.6. The van der Waals surface area contributed by atoms with E-state index in [0.717, 1.165) is 0 Å². The van der Waals surface area contributed by atoms with Crippen LogP contribution in [0.3, 0.4) is 0 Å². The van der Waals surface area contributed by atoms with Gasteiger partial charge in [0.15, 0.2) is 0 Å². The first kappa shape index (κ1) is 19.5. The molecule has 0 fully saturated rings. The molecule has 1 amide bonds. The molecule has 0 saturated heterocycles. The molecule has 0 N–H and O–H groups in total. The van der Waals surface area contributed by atoms with Crippen molar-refractivity contribution in [3.63, 3.8) is 0 Å². The van der Waals surface area contributed by atoms with Crippen molar-refractivity contribution < 1.29 is 4.79 Å². The molecule has 2 heteroatoms. The van der Waals surface area contributed by atoms with Crippen LogP contribution in [-0.4, -0.2) is 24.9 Å². The van der Waals surface area contributed by atoms with Crippen molar-refractivity contribution in [3.05, 3.63) is 24.8 Å². The summed E-state index contributed by atoms with van der Waals surface area (Å²) in [6, 6.07) is 0. The largest absolute Gasteiger partial charge is 0.345 e. The molecule has 0 aliphatic heterocycles. The summed E-state index contributed by atoms with van der Waals surface area (Å²) in [5, 5.41) is 0. The monoisotopic (exact) mass is 213 g/mol. The van der Waals surface area contributed by atoms with Crippen LogP contribution in [0.15, 0.2) is 24.8 Å². The van der Waals surface area contributed by atoms with Crippen LogP contribution < -0.4 is 0 Å². The maximum atomic E-state index is 10.6. The third-order valence-corrected chi connectivity index (χ3v) is 1.22. The molecule has 0 unspecified atom stereocenters. The average molecular weight is 213 g/mol. The lowest BCUT2D eigenvalue weighted by Gasteiger charge is -2.03. The number of nitrogens with zero attached hydrogens (tertiary/aromatic N) is 1. The van der Waals surface area contributed by atoms with Gasteiger partial charge in [-0.05, 0) is 18.9 Å². The molecule has 0 heterocycles. The van der Waals surface area contributed by atoms with Crippen molar-refractivity contribution in [1.29, 1.82) is 0 Å². The van der Waals surface area contributed by atoms with Gasteiger partial charge in [0.2, 0.25) is 5.91 Å². The van der Waals surface area contributed by atoms with Crippen LogP contribution in [0.1, 0.15) is 34.6 Å². The van der Waals surface area contributed by atoms with Crippen LogP contribution in [0.5, 0.6) is 0 Å². The summed E-state index contributed by atoms with van der Waals surface area (Å²) in [6.07, 6.45) is 5.17. The highest BCUT2D eigenvalue weighted by molar-refractivity contribution is 5.86. The first-order chi connectivity index (χ1) is 6.95. The standard InChI is InChI=1S/C6H11NO.C5H10.C2H6/c1-4-5-6(8)7(2)3;1-4-5(2)3;1-2/h4-5H,1-3H3;4-5H,1H2,2-3H3;1-2H3/b5-4-;;. The van der Waals surface area contributed by atoms with Gasteiger partial charge in [-0.1, -0.05) is 39.8 Å². The second kappa shape index (κ2) is 15.4. The summed E-state index contributed by atoms with van der Waals surface area (Å²) in [5.74, 6) is 0.683. The van der Waals surface area contributed by atoms with Crippen LogP contribution in [-0.2, 0) is 4.79 Å². The van der Waals surface area contributed by atoms with E-state index in [0.29, 0.717) is 5.92 Å². The fourth-order valence-electron chi connectivity index (χ4n) is 0.292. The highest BCUT2D eigenvalue weighted by Crippen LogP contribution is 1.87. The van der Waals surface area contributed by atoms with Crippen molar-refractivity contribution in [2.75, 3.05) is 14.1 Å². The Morgan fingerprint density at radius 1 is 1.27 bits per heavy atom. The molecule has 15 heavy (non-hydrogen) atoms. The zero-order valence-corrected chi connectivity index (χ0v) is 11.4. The lowest BCUT2D eigenvalue weighted by Crippen LogP contribution is -2.18. The Bertz CT molecular complexity index is 169. The molecule has 0 aromatic carbocycles. The van der Waals surface area contributed by atoms with Crippen molar-refractivity contribution in [2.24, 2.45) is 5.92 Å². The molecular weight excluding hydrogens is 186 g/mol. The zero-order chi connectivity index (χ0) is 12.9. The summed E-state index contributed by atoms with van der Waals surface area (Å²) >= 11 is 0. The quantitative estimate of drug-likeness (QED) is 0.508. The van der Waals surface area contributed by atoms with Crippen LogP contribution in [0, 0.1) is 5.92 Å². The number of likely N-dealkylation sites (N-methyl/N-ethyl adjacent to an activating group) is 1. The van der Waals surface area contributed by atoms with E-state index >= 15 is 0 Å². The summed E-state index contributed by atoms with van der Waals surface area (Å²) in [7, 11) is 3.45. The normalized spacial score (nSPS) is 8.53. The summed E-state index contributed by atoms with van der Waals surface area (Å²) in [5.41, 5.74) is 0. The predicted molar refractivity (Wildman–Crippen MR) is 69.9 cm³/mol. The highest BCUT2D eigenvalue weighted by atomic mass is 16.2. The molecule has 0 atom stereocenters. The third-order valence-electron chi connectivity index (χ3n) is 1.22. The van der Waals surface area contributed by atoms with Gasteiger partial charge in [0, 0.05) is 14.1 Å². The molecule has 0 rings (SSSR count). The minimum atomic E-state index is 0.0347. The Balaban J connectivity index is -0.000000177. The average Bonchev–Trinajstić information content (AvgIpc) is 2.22. The van der Waals surface area contributed by atoms with Crippen molar-refractivity contribution in [1.82, 2.24) is 4.90 Å². The van der Waals surface area contributed by atoms with Crippen molar-refractivity contribution >= 4 is 5.91 Å². The number of amides is 1. The Morgan fingerprint density at radius 3 is 1.67 bits per heavy atom. The van der Waals surface area contributed by atoms with E-state index in [-0.39, 0.29) is 5.91 Å². The number of carbonyl (C=O) groups is 1. The molecule has 0 aliphatic carbocycles. The van der Waals surface area contributed by atoms with Crippen LogP contribution in [0.4, 0.5) is 0 Å². The molecular formula is C13H27NO. The van der Waals surface area contributed by atoms with Crippen molar-refractivity contribution in [2.45, 2.75) is 34.6 Å². The summed E-state index contributed by atoms with van der Waals surface area (Å²) in [4.78, 5) is 12.1. The second-order valence-corrected chi connectivity index (χ2v) is 3.21. The molecule has 0 aromatic rings. The number of allylic oxidation sites excluding steroid dienone is 2. The van der Waals surface area contributed by atoms with Crippen LogP contribution in [0.25, 0.3) is 0 Å². The van der Waals surface area contributed by atoms with E-state index in [1.165, 1.54) is 11.0 Å². The summed E-state index contributed by atoms with van der Waals surface area (Å²) in [6.45, 7) is 13.6. The van der Waals surface area contributed by atoms with E-state index in [2.05, 4.69) is 20.4 Å². The maximum Gasteiger partial charge on any atom is 0.245 e. The first-order valence-corrected chi connectivity index (χ1v) is 5.42. The summed E-state index contributed by atoms with van der Waals surface area (Å²) < 4.78 is 0. The number of hydrogen-bond donors (Lipinski definition) is 0. The smallest absolute Gasteiger partial charge is 0.245 e. The Hall–Kier alpha value is -1.05. The van der Waals surface area contributed by atoms with Crippen molar-refractivity contribution in [3.8, 4) is 0 Å². The second-order valence-electron chi connectivity index (χ2n) is 3.21. The van der Waals surface area contributed by atoms with E-state index in [9.17, 15) is 4.79 Å². The Morgan fingerprint density at radius 2 is 1.60 bits per heavy atom. The fraction of sp³-hybridized carbons (Fsp3) is 0.615. The van der Waals surface area contributed by atoms with Crippen LogP contribution >= 0.6 is 0 Å². The fourth-order valence-corrected chi connectivity index (χ4v) is 0.292. The molecule has 0 aliphatic rings. The number of rotatable bonds is 2. The van der Waals surface area contributed by atoms with Gasteiger partial charge < -0.3 is 4.90 Å². The van der Waals surface area contributed by atoms with Gasteiger partial charge in [-0.25, -0.2) is 0 Å². The minimum Gasteiger partial charge on any atom is -0.345 e. The van der Waals surface area contributed by atoms with E-state index in [1.54, 1.807) is 20.2 Å². The topological polar surface area (TPSA) is 20.3 Å². The Labute approximate surface area is 95.7 Å². The van der Waals surface area contributed by atoms with Gasteiger partial charge in [0.05, 0.1) is 0 Å². The van der Waals surface area contributed by atoms with Gasteiger partial charge in [-0.2, -0.15) is 0 Å². The van der Waals surface area contributed by atoms with E-state index in [1.807, 2.05) is 26.8 Å². The minimum absolute atomic E-state index is 0.0347. The van der Waals surface area contributed by atoms with Crippen LogP contribution in [0.2, 0.25) is 0 Å². The molecule has 0 radical (unpaired) electrons. The number of hydrogen-bond acceptors (Lipinski definition) is 1. The first-order valence-electron chi connectivity index (χ1n) is 5.42. The molecule has 90 valence electrons. The third kappa shape index (κ3) is 24.6. The molecule has 0 bridgehead atoms. The Kier molecular flexibility index (Phi) is 20.1. The SMILES string of the molecule is C/C=C\C(=O)N(C)C.C=CC(C)C.CC. The lowest BCUT2D eigenvalue weighted by atomic mass is 10.2. The van der Waals surface area contributed by atoms with Gasteiger partial charge in [-0.3, -0.25) is 4.79 Å². The molecule has 0 saturated carbocycles. The predicted octanol–water partition coefficient (Wildman–Crippen LogP) is 3.51. The van der Waals surface area contributed by atoms with E-state index in [4.69, 9.17) is 0 Å². The highest BCUT2D eigenvalue weighted by Gasteiger charge is 1.93. The zero-order valence-electron chi connectivity index (χ0n) is 11.4. The lowest BCUT2D eigenvalue weighted by molar-refractivity contribution is -0.123.